The molecule has 3 heteroatoms. The normalized spacial score (nSPS) is 15.9. The molecule has 1 saturated heterocycles. The second kappa shape index (κ2) is 6.74. The first-order chi connectivity index (χ1) is 10.4. The van der Waals surface area contributed by atoms with Gasteiger partial charge in [0, 0.05) is 38.3 Å². The molecule has 2 aromatic carbocycles. The zero-order valence-electron chi connectivity index (χ0n) is 12.5. The van der Waals surface area contributed by atoms with Crippen LogP contribution in [0.15, 0.2) is 48.5 Å². The van der Waals surface area contributed by atoms with Gasteiger partial charge in [-0.05, 0) is 17.2 Å². The Balaban J connectivity index is 1.91. The van der Waals surface area contributed by atoms with Crippen LogP contribution in [0.3, 0.4) is 0 Å². The van der Waals surface area contributed by atoms with Crippen LogP contribution in [0, 0.1) is 0 Å². The quantitative estimate of drug-likeness (QED) is 0.933. The number of hydrogen-bond donors (Lipinski definition) is 1. The predicted molar refractivity (Wildman–Crippen MR) is 86.6 cm³/mol. The van der Waals surface area contributed by atoms with Gasteiger partial charge < -0.3 is 10.1 Å². The van der Waals surface area contributed by atoms with Gasteiger partial charge in [-0.15, -0.1) is 0 Å². The Morgan fingerprint density at radius 2 is 1.62 bits per heavy atom. The summed E-state index contributed by atoms with van der Waals surface area (Å²) in [5, 5.41) is 3.40. The standard InChI is InChI=1S/C18H22N2O/c1-21-18-9-5-4-8-17(18)16-7-3-2-6-15(16)14-20-12-10-19-11-13-20/h2-9,19H,10-14H2,1H3. The lowest BCUT2D eigenvalue weighted by molar-refractivity contribution is 0.233. The Labute approximate surface area is 126 Å². The van der Waals surface area contributed by atoms with Crippen molar-refractivity contribution in [1.29, 1.82) is 0 Å². The SMILES string of the molecule is COc1ccccc1-c1ccccc1CN1CCNCC1. The van der Waals surface area contributed by atoms with Crippen LogP contribution in [0.1, 0.15) is 5.56 Å². The smallest absolute Gasteiger partial charge is 0.126 e. The summed E-state index contributed by atoms with van der Waals surface area (Å²) in [5.74, 6) is 0.935. The second-order valence-corrected chi connectivity index (χ2v) is 5.38. The molecule has 0 bridgehead atoms. The molecule has 0 radical (unpaired) electrons. The molecule has 0 aromatic heterocycles. The van der Waals surface area contributed by atoms with E-state index in [-0.39, 0.29) is 0 Å². The number of benzene rings is 2. The van der Waals surface area contributed by atoms with Crippen molar-refractivity contribution in [3.63, 3.8) is 0 Å². The average Bonchev–Trinajstić information content (AvgIpc) is 2.56. The third kappa shape index (κ3) is 3.26. The minimum Gasteiger partial charge on any atom is -0.496 e. The van der Waals surface area contributed by atoms with Crippen molar-refractivity contribution in [1.82, 2.24) is 10.2 Å². The molecule has 0 spiro atoms. The van der Waals surface area contributed by atoms with E-state index in [1.807, 2.05) is 12.1 Å². The summed E-state index contributed by atoms with van der Waals surface area (Å²) in [7, 11) is 1.73. The Morgan fingerprint density at radius 3 is 2.38 bits per heavy atom. The number of hydrogen-bond acceptors (Lipinski definition) is 3. The van der Waals surface area contributed by atoms with Gasteiger partial charge in [-0.3, -0.25) is 4.90 Å². The third-order valence-electron chi connectivity index (χ3n) is 4.02. The summed E-state index contributed by atoms with van der Waals surface area (Å²) in [5.41, 5.74) is 3.81. The zero-order chi connectivity index (χ0) is 14.5. The van der Waals surface area contributed by atoms with Crippen LogP contribution in [0.25, 0.3) is 11.1 Å². The summed E-state index contributed by atoms with van der Waals surface area (Å²) < 4.78 is 5.52. The second-order valence-electron chi connectivity index (χ2n) is 5.38. The number of para-hydroxylation sites is 1. The Bertz CT molecular complexity index is 591. The molecule has 0 atom stereocenters. The van der Waals surface area contributed by atoms with Crippen molar-refractivity contribution in [2.24, 2.45) is 0 Å². The van der Waals surface area contributed by atoms with Crippen LogP contribution in [0.4, 0.5) is 0 Å². The summed E-state index contributed by atoms with van der Waals surface area (Å²) in [6, 6.07) is 16.9. The first-order valence-corrected chi connectivity index (χ1v) is 7.53. The Hall–Kier alpha value is -1.84. The fraction of sp³-hybridized carbons (Fsp3) is 0.333. The maximum atomic E-state index is 5.52. The van der Waals surface area contributed by atoms with Crippen LogP contribution >= 0.6 is 0 Å². The lowest BCUT2D eigenvalue weighted by Crippen LogP contribution is -2.42. The number of ether oxygens (including phenoxy) is 1. The molecule has 0 saturated carbocycles. The highest BCUT2D eigenvalue weighted by molar-refractivity contribution is 5.73. The van der Waals surface area contributed by atoms with E-state index < -0.39 is 0 Å². The van der Waals surface area contributed by atoms with Gasteiger partial charge in [0.15, 0.2) is 0 Å². The molecule has 3 nitrogen and oxygen atoms in total. The highest BCUT2D eigenvalue weighted by Crippen LogP contribution is 2.32. The molecule has 0 unspecified atom stereocenters. The van der Waals surface area contributed by atoms with Gasteiger partial charge in [0.1, 0.15) is 5.75 Å². The van der Waals surface area contributed by atoms with Crippen LogP contribution in [0.2, 0.25) is 0 Å². The van der Waals surface area contributed by atoms with E-state index in [4.69, 9.17) is 4.74 Å². The van der Waals surface area contributed by atoms with Crippen molar-refractivity contribution >= 4 is 0 Å². The van der Waals surface area contributed by atoms with Crippen molar-refractivity contribution in [3.05, 3.63) is 54.1 Å². The van der Waals surface area contributed by atoms with Crippen molar-refractivity contribution in [2.45, 2.75) is 6.54 Å². The number of piperazine rings is 1. The third-order valence-corrected chi connectivity index (χ3v) is 4.02. The predicted octanol–water partition coefficient (Wildman–Crippen LogP) is 2.77. The lowest BCUT2D eigenvalue weighted by atomic mass is 9.98. The maximum absolute atomic E-state index is 5.52. The van der Waals surface area contributed by atoms with E-state index in [0.717, 1.165) is 38.5 Å². The van der Waals surface area contributed by atoms with Crippen molar-refractivity contribution < 1.29 is 4.74 Å². The van der Waals surface area contributed by atoms with Gasteiger partial charge in [-0.25, -0.2) is 0 Å². The highest BCUT2D eigenvalue weighted by atomic mass is 16.5. The van der Waals surface area contributed by atoms with Gasteiger partial charge in [-0.1, -0.05) is 42.5 Å². The van der Waals surface area contributed by atoms with E-state index in [1.54, 1.807) is 7.11 Å². The molecule has 1 fully saturated rings. The number of nitrogens with zero attached hydrogens (tertiary/aromatic N) is 1. The monoisotopic (exact) mass is 282 g/mol. The summed E-state index contributed by atoms with van der Waals surface area (Å²) in [6.45, 7) is 5.38. The molecular weight excluding hydrogens is 260 g/mol. The first kappa shape index (κ1) is 14.1. The molecular formula is C18H22N2O. The fourth-order valence-electron chi connectivity index (χ4n) is 2.90. The number of rotatable bonds is 4. The number of methoxy groups -OCH3 is 1. The van der Waals surface area contributed by atoms with Gasteiger partial charge >= 0.3 is 0 Å². The molecule has 1 aliphatic heterocycles. The molecule has 2 aromatic rings. The Morgan fingerprint density at radius 1 is 0.952 bits per heavy atom. The van der Waals surface area contributed by atoms with Crippen LogP contribution in [-0.4, -0.2) is 38.2 Å². The molecule has 3 rings (SSSR count). The topological polar surface area (TPSA) is 24.5 Å². The maximum Gasteiger partial charge on any atom is 0.126 e. The first-order valence-electron chi connectivity index (χ1n) is 7.53. The Kier molecular flexibility index (Phi) is 4.53. The summed E-state index contributed by atoms with van der Waals surface area (Å²) >= 11 is 0. The largest absolute Gasteiger partial charge is 0.496 e. The van der Waals surface area contributed by atoms with Crippen molar-refractivity contribution in [3.8, 4) is 16.9 Å². The van der Waals surface area contributed by atoms with E-state index in [2.05, 4.69) is 46.6 Å². The van der Waals surface area contributed by atoms with E-state index in [0.29, 0.717) is 0 Å². The molecule has 1 aliphatic rings. The molecule has 0 amide bonds. The molecule has 110 valence electrons. The lowest BCUT2D eigenvalue weighted by Gasteiger charge is -2.28. The molecule has 0 aliphatic carbocycles. The number of nitrogens with one attached hydrogen (secondary N) is 1. The zero-order valence-corrected chi connectivity index (χ0v) is 12.5. The van der Waals surface area contributed by atoms with Gasteiger partial charge in [0.05, 0.1) is 7.11 Å². The summed E-state index contributed by atoms with van der Waals surface area (Å²) in [6.07, 6.45) is 0. The fourth-order valence-corrected chi connectivity index (χ4v) is 2.90. The van der Waals surface area contributed by atoms with E-state index in [1.165, 1.54) is 16.7 Å². The van der Waals surface area contributed by atoms with E-state index >= 15 is 0 Å². The van der Waals surface area contributed by atoms with Crippen LogP contribution in [-0.2, 0) is 6.54 Å². The van der Waals surface area contributed by atoms with Crippen LogP contribution in [0.5, 0.6) is 5.75 Å². The van der Waals surface area contributed by atoms with E-state index in [9.17, 15) is 0 Å². The minimum atomic E-state index is 0.935. The van der Waals surface area contributed by atoms with Crippen molar-refractivity contribution in [2.75, 3.05) is 33.3 Å². The average molecular weight is 282 g/mol. The highest BCUT2D eigenvalue weighted by Gasteiger charge is 2.14. The molecule has 21 heavy (non-hydrogen) atoms. The van der Waals surface area contributed by atoms with Gasteiger partial charge in [-0.2, -0.15) is 0 Å². The van der Waals surface area contributed by atoms with Crippen LogP contribution < -0.4 is 10.1 Å². The van der Waals surface area contributed by atoms with Gasteiger partial charge in [0.2, 0.25) is 0 Å². The molecule has 1 N–H and O–H groups in total. The summed E-state index contributed by atoms with van der Waals surface area (Å²) in [4.78, 5) is 2.50. The van der Waals surface area contributed by atoms with Gasteiger partial charge in [0.25, 0.3) is 0 Å². The molecule has 1 heterocycles. The minimum absolute atomic E-state index is 0.935.